The summed E-state index contributed by atoms with van der Waals surface area (Å²) in [6.45, 7) is 2.06. The molecule has 2 heteroatoms. The fourth-order valence-electron chi connectivity index (χ4n) is 1.23. The third kappa shape index (κ3) is 1.28. The zero-order valence-electron chi connectivity index (χ0n) is 6.71. The van der Waals surface area contributed by atoms with Gasteiger partial charge in [-0.05, 0) is 24.4 Å². The number of fused-ring (bicyclic) bond motifs is 1. The molecule has 0 fully saturated rings. The van der Waals surface area contributed by atoms with E-state index < -0.39 is 0 Å². The number of benzene rings is 1. The Morgan fingerprint density at radius 2 is 2.00 bits per heavy atom. The van der Waals surface area contributed by atoms with Crippen LogP contribution in [0.4, 0.5) is 0 Å². The number of nitrogens with zero attached hydrogens (tertiary/aromatic N) is 1. The standard InChI is InChI=1S/C10H8ClN/c1-7-2-3-8-5-10(11)12-6-9(8)4-7/h2-6H,1H3. The van der Waals surface area contributed by atoms with Gasteiger partial charge in [-0.3, -0.25) is 0 Å². The average molecular weight is 178 g/mol. The van der Waals surface area contributed by atoms with Crippen molar-refractivity contribution in [3.05, 3.63) is 41.2 Å². The van der Waals surface area contributed by atoms with Crippen LogP contribution in [0.1, 0.15) is 5.56 Å². The number of halogens is 1. The average Bonchev–Trinajstić information content (AvgIpc) is 2.05. The predicted molar refractivity (Wildman–Crippen MR) is 51.5 cm³/mol. The van der Waals surface area contributed by atoms with E-state index in [1.165, 1.54) is 5.56 Å². The zero-order chi connectivity index (χ0) is 8.55. The molecule has 0 aliphatic heterocycles. The zero-order valence-corrected chi connectivity index (χ0v) is 7.47. The summed E-state index contributed by atoms with van der Waals surface area (Å²) in [7, 11) is 0. The first-order valence-corrected chi connectivity index (χ1v) is 4.15. The highest BCUT2D eigenvalue weighted by Gasteiger charge is 1.94. The number of rotatable bonds is 0. The molecule has 2 aromatic rings. The molecule has 0 radical (unpaired) electrons. The minimum Gasteiger partial charge on any atom is -0.244 e. The van der Waals surface area contributed by atoms with Gasteiger partial charge in [0.1, 0.15) is 5.15 Å². The van der Waals surface area contributed by atoms with E-state index in [0.717, 1.165) is 10.8 Å². The molecule has 12 heavy (non-hydrogen) atoms. The number of pyridine rings is 1. The maximum atomic E-state index is 5.75. The highest BCUT2D eigenvalue weighted by Crippen LogP contribution is 2.17. The molecule has 0 N–H and O–H groups in total. The largest absolute Gasteiger partial charge is 0.244 e. The van der Waals surface area contributed by atoms with E-state index in [0.29, 0.717) is 5.15 Å². The molecular formula is C10H8ClN. The van der Waals surface area contributed by atoms with E-state index in [1.807, 2.05) is 6.07 Å². The van der Waals surface area contributed by atoms with E-state index in [1.54, 1.807) is 6.20 Å². The molecule has 60 valence electrons. The van der Waals surface area contributed by atoms with Crippen LogP contribution in [-0.4, -0.2) is 4.98 Å². The van der Waals surface area contributed by atoms with Crippen molar-refractivity contribution in [2.24, 2.45) is 0 Å². The van der Waals surface area contributed by atoms with E-state index in [9.17, 15) is 0 Å². The van der Waals surface area contributed by atoms with Crippen LogP contribution < -0.4 is 0 Å². The van der Waals surface area contributed by atoms with Crippen LogP contribution in [0.25, 0.3) is 10.8 Å². The van der Waals surface area contributed by atoms with Crippen molar-refractivity contribution in [2.75, 3.05) is 0 Å². The number of hydrogen-bond acceptors (Lipinski definition) is 1. The van der Waals surface area contributed by atoms with Gasteiger partial charge in [-0.25, -0.2) is 4.98 Å². The van der Waals surface area contributed by atoms with E-state index >= 15 is 0 Å². The van der Waals surface area contributed by atoms with Gasteiger partial charge in [0, 0.05) is 11.6 Å². The van der Waals surface area contributed by atoms with Crippen LogP contribution in [-0.2, 0) is 0 Å². The van der Waals surface area contributed by atoms with Gasteiger partial charge < -0.3 is 0 Å². The van der Waals surface area contributed by atoms with Crippen LogP contribution >= 0.6 is 11.6 Å². The lowest BCUT2D eigenvalue weighted by Crippen LogP contribution is -1.78. The molecule has 1 aromatic heterocycles. The van der Waals surface area contributed by atoms with Gasteiger partial charge in [0.2, 0.25) is 0 Å². The lowest BCUT2D eigenvalue weighted by molar-refractivity contribution is 1.36. The highest BCUT2D eigenvalue weighted by atomic mass is 35.5. The fraction of sp³-hybridized carbons (Fsp3) is 0.100. The van der Waals surface area contributed by atoms with Gasteiger partial charge in [0.05, 0.1) is 0 Å². The summed E-state index contributed by atoms with van der Waals surface area (Å²) < 4.78 is 0. The lowest BCUT2D eigenvalue weighted by Gasteiger charge is -1.98. The Hall–Kier alpha value is -1.08. The Morgan fingerprint density at radius 1 is 1.17 bits per heavy atom. The maximum Gasteiger partial charge on any atom is 0.129 e. The molecular weight excluding hydrogens is 170 g/mol. The summed E-state index contributed by atoms with van der Waals surface area (Å²) in [4.78, 5) is 4.01. The van der Waals surface area contributed by atoms with E-state index in [2.05, 4.69) is 30.1 Å². The molecule has 0 aliphatic rings. The molecule has 0 saturated heterocycles. The van der Waals surface area contributed by atoms with Gasteiger partial charge in [-0.2, -0.15) is 0 Å². The summed E-state index contributed by atoms with van der Waals surface area (Å²) in [6.07, 6.45) is 1.80. The molecule has 0 saturated carbocycles. The Bertz CT molecular complexity index is 382. The van der Waals surface area contributed by atoms with Crippen molar-refractivity contribution >= 4 is 22.4 Å². The topological polar surface area (TPSA) is 12.9 Å². The molecule has 2 rings (SSSR count). The Labute approximate surface area is 76.0 Å². The van der Waals surface area contributed by atoms with Crippen LogP contribution in [0, 0.1) is 6.92 Å². The Morgan fingerprint density at radius 3 is 2.83 bits per heavy atom. The minimum absolute atomic E-state index is 0.548. The first-order chi connectivity index (χ1) is 5.75. The summed E-state index contributed by atoms with van der Waals surface area (Å²) in [5.41, 5.74) is 1.24. The van der Waals surface area contributed by atoms with Gasteiger partial charge >= 0.3 is 0 Å². The van der Waals surface area contributed by atoms with Crippen molar-refractivity contribution in [3.8, 4) is 0 Å². The maximum absolute atomic E-state index is 5.75. The van der Waals surface area contributed by atoms with Crippen molar-refractivity contribution in [1.29, 1.82) is 0 Å². The number of aryl methyl sites for hydroxylation is 1. The highest BCUT2D eigenvalue weighted by molar-refractivity contribution is 6.30. The summed E-state index contributed by atoms with van der Waals surface area (Å²) in [6, 6.07) is 8.09. The van der Waals surface area contributed by atoms with Gasteiger partial charge in [0.25, 0.3) is 0 Å². The molecule has 0 atom stereocenters. The van der Waals surface area contributed by atoms with Crippen LogP contribution in [0.3, 0.4) is 0 Å². The molecule has 0 bridgehead atoms. The van der Waals surface area contributed by atoms with Gasteiger partial charge in [-0.1, -0.05) is 29.3 Å². The number of hydrogen-bond donors (Lipinski definition) is 0. The second-order valence-corrected chi connectivity index (χ2v) is 3.24. The van der Waals surface area contributed by atoms with E-state index in [4.69, 9.17) is 11.6 Å². The smallest absolute Gasteiger partial charge is 0.129 e. The van der Waals surface area contributed by atoms with Crippen LogP contribution in [0.5, 0.6) is 0 Å². The van der Waals surface area contributed by atoms with Crippen molar-refractivity contribution < 1.29 is 0 Å². The van der Waals surface area contributed by atoms with Gasteiger partial charge in [0.15, 0.2) is 0 Å². The number of aromatic nitrogens is 1. The molecule has 0 spiro atoms. The fourth-order valence-corrected chi connectivity index (χ4v) is 1.40. The van der Waals surface area contributed by atoms with Crippen LogP contribution in [0.2, 0.25) is 5.15 Å². The van der Waals surface area contributed by atoms with Crippen molar-refractivity contribution in [3.63, 3.8) is 0 Å². The molecule has 0 unspecified atom stereocenters. The molecule has 1 aromatic carbocycles. The summed E-state index contributed by atoms with van der Waals surface area (Å²) in [5.74, 6) is 0. The Kier molecular flexibility index (Phi) is 1.74. The SMILES string of the molecule is Cc1ccc2cc(Cl)ncc2c1. The molecule has 1 heterocycles. The third-order valence-electron chi connectivity index (χ3n) is 1.84. The summed E-state index contributed by atoms with van der Waals surface area (Å²) >= 11 is 5.75. The third-order valence-corrected chi connectivity index (χ3v) is 2.05. The normalized spacial score (nSPS) is 10.5. The summed E-state index contributed by atoms with van der Waals surface area (Å²) in [5, 5.41) is 2.83. The van der Waals surface area contributed by atoms with Crippen molar-refractivity contribution in [1.82, 2.24) is 4.98 Å². The second-order valence-electron chi connectivity index (χ2n) is 2.86. The van der Waals surface area contributed by atoms with E-state index in [-0.39, 0.29) is 0 Å². The van der Waals surface area contributed by atoms with Gasteiger partial charge in [-0.15, -0.1) is 0 Å². The minimum atomic E-state index is 0.548. The molecule has 0 amide bonds. The predicted octanol–water partition coefficient (Wildman–Crippen LogP) is 3.20. The lowest BCUT2D eigenvalue weighted by atomic mass is 10.1. The second kappa shape index (κ2) is 2.76. The molecule has 0 aliphatic carbocycles. The first kappa shape index (κ1) is 7.56. The Balaban J connectivity index is 2.79. The monoisotopic (exact) mass is 177 g/mol. The molecule has 1 nitrogen and oxygen atoms in total. The van der Waals surface area contributed by atoms with Crippen molar-refractivity contribution in [2.45, 2.75) is 6.92 Å². The quantitative estimate of drug-likeness (QED) is 0.564. The van der Waals surface area contributed by atoms with Crippen LogP contribution in [0.15, 0.2) is 30.5 Å². The first-order valence-electron chi connectivity index (χ1n) is 3.77.